The van der Waals surface area contributed by atoms with Gasteiger partial charge >= 0.3 is 0 Å². The molecule has 1 aromatic carbocycles. The van der Waals surface area contributed by atoms with Gasteiger partial charge in [0.15, 0.2) is 6.61 Å². The molecule has 2 aromatic rings. The number of amides is 2. The van der Waals surface area contributed by atoms with Crippen LogP contribution in [0.2, 0.25) is 0 Å². The molecule has 120 valence electrons. The van der Waals surface area contributed by atoms with Crippen molar-refractivity contribution in [2.75, 3.05) is 11.9 Å². The Morgan fingerprint density at radius 1 is 1.39 bits per heavy atom. The molecule has 0 saturated heterocycles. The number of hydrogen-bond donors (Lipinski definition) is 2. The van der Waals surface area contributed by atoms with E-state index in [0.29, 0.717) is 24.3 Å². The van der Waals surface area contributed by atoms with Gasteiger partial charge < -0.3 is 19.8 Å². The molecule has 0 bridgehead atoms. The van der Waals surface area contributed by atoms with Crippen molar-refractivity contribution in [1.82, 2.24) is 5.32 Å². The van der Waals surface area contributed by atoms with Crippen LogP contribution in [-0.2, 0) is 16.0 Å². The fourth-order valence-electron chi connectivity index (χ4n) is 2.46. The van der Waals surface area contributed by atoms with Gasteiger partial charge in [0.25, 0.3) is 5.91 Å². The molecule has 0 spiro atoms. The molecule has 2 N–H and O–H groups in total. The summed E-state index contributed by atoms with van der Waals surface area (Å²) >= 11 is 0. The van der Waals surface area contributed by atoms with Crippen molar-refractivity contribution in [2.45, 2.75) is 25.8 Å². The minimum atomic E-state index is -0.176. The summed E-state index contributed by atoms with van der Waals surface area (Å²) in [5.74, 6) is 1.21. The first kappa shape index (κ1) is 15.1. The number of carbonyl (C=O) groups excluding carboxylic acids is 2. The molecule has 6 nitrogen and oxygen atoms in total. The van der Waals surface area contributed by atoms with E-state index in [1.54, 1.807) is 18.4 Å². The molecule has 6 heteroatoms. The van der Waals surface area contributed by atoms with Crippen molar-refractivity contribution in [3.05, 3.63) is 47.9 Å². The van der Waals surface area contributed by atoms with Gasteiger partial charge in [-0.15, -0.1) is 0 Å². The van der Waals surface area contributed by atoms with Crippen LogP contribution in [0.5, 0.6) is 5.75 Å². The molecule has 2 amide bonds. The van der Waals surface area contributed by atoms with E-state index in [1.807, 2.05) is 25.1 Å². The monoisotopic (exact) mass is 314 g/mol. The summed E-state index contributed by atoms with van der Waals surface area (Å²) in [6.45, 7) is 1.93. The molecule has 1 aliphatic rings. The Kier molecular flexibility index (Phi) is 4.32. The van der Waals surface area contributed by atoms with Crippen molar-refractivity contribution < 1.29 is 18.7 Å². The maximum absolute atomic E-state index is 12.0. The lowest BCUT2D eigenvalue weighted by molar-refractivity contribution is -0.122. The molecule has 1 atom stereocenters. The zero-order valence-electron chi connectivity index (χ0n) is 12.8. The number of benzene rings is 1. The third kappa shape index (κ3) is 3.71. The first-order valence-electron chi connectivity index (χ1n) is 7.50. The highest BCUT2D eigenvalue weighted by molar-refractivity contribution is 5.95. The second kappa shape index (κ2) is 6.56. The number of anilines is 1. The zero-order valence-corrected chi connectivity index (χ0v) is 12.8. The summed E-state index contributed by atoms with van der Waals surface area (Å²) in [6, 6.07) is 9.00. The van der Waals surface area contributed by atoms with Gasteiger partial charge in [0, 0.05) is 12.8 Å². The van der Waals surface area contributed by atoms with Gasteiger partial charge in [-0.3, -0.25) is 9.59 Å². The first-order chi connectivity index (χ1) is 11.1. The Labute approximate surface area is 133 Å². The van der Waals surface area contributed by atoms with Crippen LogP contribution in [0.1, 0.15) is 30.7 Å². The summed E-state index contributed by atoms with van der Waals surface area (Å²) in [4.78, 5) is 23.4. The number of hydrogen-bond acceptors (Lipinski definition) is 4. The maximum atomic E-state index is 12.0. The van der Waals surface area contributed by atoms with Crippen LogP contribution < -0.4 is 15.4 Å². The van der Waals surface area contributed by atoms with Gasteiger partial charge in [0.1, 0.15) is 11.5 Å². The summed E-state index contributed by atoms with van der Waals surface area (Å²) in [5.41, 5.74) is 1.54. The molecule has 0 radical (unpaired) electrons. The molecule has 0 fully saturated rings. The molecular formula is C17H18N2O4. The number of rotatable bonds is 5. The Hall–Kier alpha value is -2.76. The fraction of sp³-hybridized carbons (Fsp3) is 0.294. The van der Waals surface area contributed by atoms with E-state index in [4.69, 9.17) is 9.15 Å². The van der Waals surface area contributed by atoms with E-state index in [2.05, 4.69) is 10.6 Å². The van der Waals surface area contributed by atoms with Crippen LogP contribution in [0.15, 0.2) is 41.0 Å². The van der Waals surface area contributed by atoms with Crippen molar-refractivity contribution in [3.8, 4) is 5.75 Å². The van der Waals surface area contributed by atoms with Gasteiger partial charge in [-0.1, -0.05) is 6.07 Å². The number of nitrogens with one attached hydrogen (secondary N) is 2. The van der Waals surface area contributed by atoms with Crippen LogP contribution in [0.3, 0.4) is 0 Å². The normalized spacial score (nSPS) is 14.4. The quantitative estimate of drug-likeness (QED) is 0.888. The largest absolute Gasteiger partial charge is 0.482 e. The number of furan rings is 1. The predicted molar refractivity (Wildman–Crippen MR) is 84.2 cm³/mol. The lowest BCUT2D eigenvalue weighted by Gasteiger charge is -2.21. The average Bonchev–Trinajstić information content (AvgIpc) is 3.05. The van der Waals surface area contributed by atoms with Gasteiger partial charge in [0.05, 0.1) is 18.0 Å². The Morgan fingerprint density at radius 3 is 3.04 bits per heavy atom. The third-order valence-corrected chi connectivity index (χ3v) is 3.69. The van der Waals surface area contributed by atoms with Crippen molar-refractivity contribution in [3.63, 3.8) is 0 Å². The van der Waals surface area contributed by atoms with E-state index in [9.17, 15) is 9.59 Å². The summed E-state index contributed by atoms with van der Waals surface area (Å²) in [7, 11) is 0. The molecule has 23 heavy (non-hydrogen) atoms. The molecular weight excluding hydrogens is 296 g/mol. The Balaban J connectivity index is 1.59. The molecule has 0 unspecified atom stereocenters. The second-order valence-corrected chi connectivity index (χ2v) is 5.46. The highest BCUT2D eigenvalue weighted by Crippen LogP contribution is 2.30. The smallest absolute Gasteiger partial charge is 0.262 e. The van der Waals surface area contributed by atoms with Gasteiger partial charge in [-0.2, -0.15) is 0 Å². The minimum absolute atomic E-state index is 0.0332. The third-order valence-electron chi connectivity index (χ3n) is 3.69. The van der Waals surface area contributed by atoms with E-state index in [-0.39, 0.29) is 24.5 Å². The number of fused-ring (bicyclic) bond motifs is 1. The number of ether oxygens (including phenoxy) is 1. The molecule has 0 saturated carbocycles. The standard InChI is InChI=1S/C17H18N2O4/c1-11(18-16(20)7-5-13-3-2-8-22-13)12-4-6-15-14(9-12)19-17(21)10-23-15/h2-4,6,8-9,11H,5,7,10H2,1H3,(H,18,20)(H,19,21)/t11-/m1/s1. The predicted octanol–water partition coefficient (Wildman–Crippen LogP) is 2.42. The lowest BCUT2D eigenvalue weighted by atomic mass is 10.1. The average molecular weight is 314 g/mol. The molecule has 3 rings (SSSR count). The van der Waals surface area contributed by atoms with Crippen LogP contribution >= 0.6 is 0 Å². The van der Waals surface area contributed by atoms with Crippen LogP contribution in [-0.4, -0.2) is 18.4 Å². The summed E-state index contributed by atoms with van der Waals surface area (Å²) in [6.07, 6.45) is 2.53. The van der Waals surface area contributed by atoms with Crippen molar-refractivity contribution in [1.29, 1.82) is 0 Å². The maximum Gasteiger partial charge on any atom is 0.262 e. The minimum Gasteiger partial charge on any atom is -0.482 e. The van der Waals surface area contributed by atoms with Gasteiger partial charge in [-0.05, 0) is 36.8 Å². The topological polar surface area (TPSA) is 80.6 Å². The van der Waals surface area contributed by atoms with Gasteiger partial charge in [0.2, 0.25) is 5.91 Å². The molecule has 0 aliphatic carbocycles. The Morgan fingerprint density at radius 2 is 2.26 bits per heavy atom. The van der Waals surface area contributed by atoms with Crippen LogP contribution in [0.4, 0.5) is 5.69 Å². The van der Waals surface area contributed by atoms with Gasteiger partial charge in [-0.25, -0.2) is 0 Å². The fourth-order valence-corrected chi connectivity index (χ4v) is 2.46. The number of carbonyl (C=O) groups is 2. The first-order valence-corrected chi connectivity index (χ1v) is 7.50. The molecule has 1 aliphatic heterocycles. The van der Waals surface area contributed by atoms with Crippen LogP contribution in [0.25, 0.3) is 0 Å². The highest BCUT2D eigenvalue weighted by Gasteiger charge is 2.18. The highest BCUT2D eigenvalue weighted by atomic mass is 16.5. The second-order valence-electron chi connectivity index (χ2n) is 5.46. The van der Waals surface area contributed by atoms with E-state index >= 15 is 0 Å². The molecule has 1 aromatic heterocycles. The summed E-state index contributed by atoms with van der Waals surface area (Å²) in [5, 5.41) is 5.71. The zero-order chi connectivity index (χ0) is 16.2. The number of aryl methyl sites for hydroxylation is 1. The van der Waals surface area contributed by atoms with E-state index in [0.717, 1.165) is 11.3 Å². The summed E-state index contributed by atoms with van der Waals surface area (Å²) < 4.78 is 10.5. The lowest BCUT2D eigenvalue weighted by Crippen LogP contribution is -2.28. The van der Waals surface area contributed by atoms with E-state index in [1.165, 1.54) is 0 Å². The molecule has 2 heterocycles. The van der Waals surface area contributed by atoms with Crippen molar-refractivity contribution in [2.24, 2.45) is 0 Å². The van der Waals surface area contributed by atoms with Crippen molar-refractivity contribution >= 4 is 17.5 Å². The SMILES string of the molecule is C[C@@H](NC(=O)CCc1ccco1)c1ccc2c(c1)NC(=O)CO2. The van der Waals surface area contributed by atoms with Crippen LogP contribution in [0, 0.1) is 0 Å². The Bertz CT molecular complexity index is 709. The van der Waals surface area contributed by atoms with E-state index < -0.39 is 0 Å².